The highest BCUT2D eigenvalue weighted by Crippen LogP contribution is 2.34. The van der Waals surface area contributed by atoms with Gasteiger partial charge in [0.05, 0.1) is 23.5 Å². The SMILES string of the molecule is c1ccc2c(c1)CC(CN(CCC1CCCO1)[C@H]1CCCc3cccnc31)=N2. The summed E-state index contributed by atoms with van der Waals surface area (Å²) >= 11 is 0. The molecule has 2 aliphatic heterocycles. The maximum Gasteiger partial charge on any atom is 0.0665 e. The summed E-state index contributed by atoms with van der Waals surface area (Å²) in [5.41, 5.74) is 6.52. The predicted molar refractivity (Wildman–Crippen MR) is 112 cm³/mol. The van der Waals surface area contributed by atoms with Crippen molar-refractivity contribution in [1.82, 2.24) is 9.88 Å². The Morgan fingerprint density at radius 3 is 2.86 bits per heavy atom. The van der Waals surface area contributed by atoms with Crippen molar-refractivity contribution in [3.63, 3.8) is 0 Å². The first kappa shape index (κ1) is 18.0. The average molecular weight is 376 g/mol. The van der Waals surface area contributed by atoms with Crippen LogP contribution in [0.1, 0.15) is 55.0 Å². The molecule has 0 radical (unpaired) electrons. The van der Waals surface area contributed by atoms with Gasteiger partial charge in [-0.3, -0.25) is 14.9 Å². The van der Waals surface area contributed by atoms with Crippen LogP contribution in [0.25, 0.3) is 0 Å². The van der Waals surface area contributed by atoms with Crippen LogP contribution >= 0.6 is 0 Å². The van der Waals surface area contributed by atoms with Crippen LogP contribution in [0.4, 0.5) is 5.69 Å². The van der Waals surface area contributed by atoms with Gasteiger partial charge in [0.25, 0.3) is 0 Å². The molecule has 1 aromatic heterocycles. The fraction of sp³-hybridized carbons (Fsp3) is 0.500. The van der Waals surface area contributed by atoms with Gasteiger partial charge in [0.1, 0.15) is 0 Å². The van der Waals surface area contributed by atoms with E-state index in [1.807, 2.05) is 6.20 Å². The molecule has 4 nitrogen and oxygen atoms in total. The van der Waals surface area contributed by atoms with Crippen LogP contribution in [0.3, 0.4) is 0 Å². The summed E-state index contributed by atoms with van der Waals surface area (Å²) in [6.45, 7) is 2.92. The second-order valence-electron chi connectivity index (χ2n) is 8.33. The minimum atomic E-state index is 0.401. The zero-order valence-corrected chi connectivity index (χ0v) is 16.5. The normalized spacial score (nSPS) is 23.5. The van der Waals surface area contributed by atoms with E-state index in [1.165, 1.54) is 48.2 Å². The number of hydrogen-bond donors (Lipinski definition) is 0. The second kappa shape index (κ2) is 8.14. The van der Waals surface area contributed by atoms with Gasteiger partial charge < -0.3 is 4.74 Å². The minimum Gasteiger partial charge on any atom is -0.378 e. The van der Waals surface area contributed by atoms with E-state index >= 15 is 0 Å². The van der Waals surface area contributed by atoms with Crippen LogP contribution in [-0.4, -0.2) is 41.4 Å². The molecule has 0 spiro atoms. The monoisotopic (exact) mass is 375 g/mol. The van der Waals surface area contributed by atoms with E-state index in [4.69, 9.17) is 14.7 Å². The number of nitrogens with zero attached hydrogens (tertiary/aromatic N) is 3. The third-order valence-corrected chi connectivity index (χ3v) is 6.42. The Hall–Kier alpha value is -2.04. The van der Waals surface area contributed by atoms with Crippen LogP contribution in [0.2, 0.25) is 0 Å². The number of aliphatic imine (C=N–C) groups is 1. The Morgan fingerprint density at radius 2 is 1.96 bits per heavy atom. The molecule has 2 aromatic rings. The summed E-state index contributed by atoms with van der Waals surface area (Å²) in [4.78, 5) is 12.4. The molecular formula is C24H29N3O. The average Bonchev–Trinajstić information content (AvgIpc) is 3.40. The lowest BCUT2D eigenvalue weighted by Crippen LogP contribution is -2.38. The van der Waals surface area contributed by atoms with Crippen LogP contribution in [0, 0.1) is 0 Å². The zero-order chi connectivity index (χ0) is 18.8. The summed E-state index contributed by atoms with van der Waals surface area (Å²) in [6.07, 6.45) is 10.5. The molecule has 0 amide bonds. The molecule has 146 valence electrons. The highest BCUT2D eigenvalue weighted by Gasteiger charge is 2.29. The van der Waals surface area contributed by atoms with E-state index < -0.39 is 0 Å². The van der Waals surface area contributed by atoms with Crippen molar-refractivity contribution >= 4 is 11.4 Å². The summed E-state index contributed by atoms with van der Waals surface area (Å²) in [7, 11) is 0. The van der Waals surface area contributed by atoms with Gasteiger partial charge in [-0.25, -0.2) is 0 Å². The third kappa shape index (κ3) is 3.76. The van der Waals surface area contributed by atoms with Gasteiger partial charge in [-0.15, -0.1) is 0 Å². The Morgan fingerprint density at radius 1 is 1.04 bits per heavy atom. The Kier molecular flexibility index (Phi) is 5.24. The molecule has 1 fully saturated rings. The van der Waals surface area contributed by atoms with Crippen molar-refractivity contribution in [3.8, 4) is 0 Å². The minimum absolute atomic E-state index is 0.401. The molecule has 5 rings (SSSR count). The molecule has 0 N–H and O–H groups in total. The van der Waals surface area contributed by atoms with Crippen molar-refractivity contribution in [1.29, 1.82) is 0 Å². The molecule has 3 aliphatic rings. The van der Waals surface area contributed by atoms with E-state index in [1.54, 1.807) is 0 Å². The molecule has 28 heavy (non-hydrogen) atoms. The molecule has 1 aromatic carbocycles. The molecule has 2 atom stereocenters. The van der Waals surface area contributed by atoms with Crippen LogP contribution in [0.5, 0.6) is 0 Å². The smallest absolute Gasteiger partial charge is 0.0665 e. The molecule has 1 unspecified atom stereocenters. The Labute approximate surface area is 167 Å². The molecule has 0 saturated carbocycles. The van der Waals surface area contributed by atoms with Crippen molar-refractivity contribution in [2.24, 2.45) is 4.99 Å². The van der Waals surface area contributed by atoms with Gasteiger partial charge in [-0.05, 0) is 61.8 Å². The van der Waals surface area contributed by atoms with Gasteiger partial charge in [0, 0.05) is 38.0 Å². The van der Waals surface area contributed by atoms with Crippen molar-refractivity contribution in [2.45, 2.75) is 57.1 Å². The van der Waals surface area contributed by atoms with E-state index in [9.17, 15) is 0 Å². The summed E-state index contributed by atoms with van der Waals surface area (Å²) < 4.78 is 5.91. The maximum atomic E-state index is 5.91. The summed E-state index contributed by atoms with van der Waals surface area (Å²) in [6, 6.07) is 13.3. The number of rotatable bonds is 6. The topological polar surface area (TPSA) is 37.7 Å². The number of fused-ring (bicyclic) bond motifs is 2. The zero-order valence-electron chi connectivity index (χ0n) is 16.5. The molecule has 1 saturated heterocycles. The predicted octanol–water partition coefficient (Wildman–Crippen LogP) is 4.66. The van der Waals surface area contributed by atoms with Gasteiger partial charge in [0.15, 0.2) is 0 Å². The maximum absolute atomic E-state index is 5.91. The van der Waals surface area contributed by atoms with E-state index in [0.717, 1.165) is 44.6 Å². The molecule has 1 aliphatic carbocycles. The molecule has 0 bridgehead atoms. The highest BCUT2D eigenvalue weighted by atomic mass is 16.5. The van der Waals surface area contributed by atoms with Gasteiger partial charge in [0.2, 0.25) is 0 Å². The van der Waals surface area contributed by atoms with Crippen molar-refractivity contribution in [3.05, 3.63) is 59.4 Å². The molecule has 4 heteroatoms. The number of ether oxygens (including phenoxy) is 1. The van der Waals surface area contributed by atoms with E-state index in [-0.39, 0.29) is 0 Å². The lowest BCUT2D eigenvalue weighted by Gasteiger charge is -2.35. The van der Waals surface area contributed by atoms with Gasteiger partial charge in [-0.2, -0.15) is 0 Å². The first-order valence-corrected chi connectivity index (χ1v) is 10.8. The lowest BCUT2D eigenvalue weighted by molar-refractivity contribution is 0.0850. The number of para-hydroxylation sites is 1. The Bertz CT molecular complexity index is 856. The van der Waals surface area contributed by atoms with E-state index in [0.29, 0.717) is 12.1 Å². The first-order chi connectivity index (χ1) is 13.9. The first-order valence-electron chi connectivity index (χ1n) is 10.8. The fourth-order valence-electron chi connectivity index (χ4n) is 4.99. The Balaban J connectivity index is 1.36. The van der Waals surface area contributed by atoms with Crippen LogP contribution < -0.4 is 0 Å². The number of aryl methyl sites for hydroxylation is 1. The molecular weight excluding hydrogens is 346 g/mol. The standard InChI is InChI=1S/C24H29N3O/c1-2-10-22-19(6-1)16-20(26-22)17-27(14-12-21-9-5-15-28-21)23-11-3-7-18-8-4-13-25-24(18)23/h1-2,4,6,8,10,13,21,23H,3,5,7,9,11-12,14-17H2/t21?,23-/m0/s1. The third-order valence-electron chi connectivity index (χ3n) is 6.42. The van der Waals surface area contributed by atoms with Crippen molar-refractivity contribution < 1.29 is 4.74 Å². The van der Waals surface area contributed by atoms with E-state index in [2.05, 4.69) is 41.3 Å². The number of benzene rings is 1. The van der Waals surface area contributed by atoms with Gasteiger partial charge in [-0.1, -0.05) is 24.3 Å². The van der Waals surface area contributed by atoms with Crippen LogP contribution in [-0.2, 0) is 17.6 Å². The number of pyridine rings is 1. The number of aromatic nitrogens is 1. The lowest BCUT2D eigenvalue weighted by atomic mass is 9.90. The second-order valence-corrected chi connectivity index (χ2v) is 8.33. The number of hydrogen-bond acceptors (Lipinski definition) is 4. The fourth-order valence-corrected chi connectivity index (χ4v) is 4.99. The van der Waals surface area contributed by atoms with Crippen molar-refractivity contribution in [2.75, 3.05) is 19.7 Å². The summed E-state index contributed by atoms with van der Waals surface area (Å²) in [5, 5.41) is 0. The quantitative estimate of drug-likeness (QED) is 0.737. The largest absolute Gasteiger partial charge is 0.378 e. The van der Waals surface area contributed by atoms with Gasteiger partial charge >= 0.3 is 0 Å². The summed E-state index contributed by atoms with van der Waals surface area (Å²) in [5.74, 6) is 0. The molecule has 3 heterocycles. The van der Waals surface area contributed by atoms with Crippen LogP contribution in [0.15, 0.2) is 47.6 Å². The highest BCUT2D eigenvalue weighted by molar-refractivity contribution is 5.95.